The molecule has 0 bridgehead atoms. The monoisotopic (exact) mass is 244 g/mol. The lowest BCUT2D eigenvalue weighted by atomic mass is 10.00. The SMILES string of the molecule is CCCC(/C(=N\O)c1ccccc1)n1cncn1. The van der Waals surface area contributed by atoms with Crippen molar-refractivity contribution >= 4 is 5.71 Å². The molecule has 1 unspecified atom stereocenters. The third kappa shape index (κ3) is 2.56. The van der Waals surface area contributed by atoms with Crippen molar-refractivity contribution in [2.45, 2.75) is 25.8 Å². The predicted molar refractivity (Wildman–Crippen MR) is 68.7 cm³/mol. The Bertz CT molecular complexity index is 493. The molecule has 2 rings (SSSR count). The molecule has 94 valence electrons. The zero-order valence-electron chi connectivity index (χ0n) is 10.3. The Morgan fingerprint density at radius 2 is 2.17 bits per heavy atom. The Kier molecular flexibility index (Phi) is 4.06. The highest BCUT2D eigenvalue weighted by Gasteiger charge is 2.20. The zero-order valence-corrected chi connectivity index (χ0v) is 10.3. The minimum atomic E-state index is -0.0927. The van der Waals surface area contributed by atoms with E-state index in [1.807, 2.05) is 30.3 Å². The fourth-order valence-electron chi connectivity index (χ4n) is 1.97. The molecule has 0 saturated carbocycles. The van der Waals surface area contributed by atoms with E-state index in [9.17, 15) is 5.21 Å². The van der Waals surface area contributed by atoms with Crippen LogP contribution in [0.3, 0.4) is 0 Å². The Morgan fingerprint density at radius 1 is 1.39 bits per heavy atom. The van der Waals surface area contributed by atoms with Crippen LogP contribution in [-0.2, 0) is 0 Å². The van der Waals surface area contributed by atoms with Crippen molar-refractivity contribution in [2.24, 2.45) is 5.16 Å². The molecule has 0 aliphatic rings. The number of hydrogen-bond donors (Lipinski definition) is 1. The molecular formula is C13H16N4O. The maximum atomic E-state index is 9.30. The molecule has 1 aromatic heterocycles. The summed E-state index contributed by atoms with van der Waals surface area (Å²) in [5, 5.41) is 16.9. The van der Waals surface area contributed by atoms with E-state index < -0.39 is 0 Å². The van der Waals surface area contributed by atoms with Crippen LogP contribution in [0, 0.1) is 0 Å². The molecule has 0 spiro atoms. The molecule has 0 amide bonds. The van der Waals surface area contributed by atoms with Crippen LogP contribution < -0.4 is 0 Å². The summed E-state index contributed by atoms with van der Waals surface area (Å²) < 4.78 is 1.73. The lowest BCUT2D eigenvalue weighted by molar-refractivity contribution is 0.313. The summed E-state index contributed by atoms with van der Waals surface area (Å²) in [5.41, 5.74) is 1.51. The van der Waals surface area contributed by atoms with E-state index in [1.165, 1.54) is 6.33 Å². The fourth-order valence-corrected chi connectivity index (χ4v) is 1.97. The summed E-state index contributed by atoms with van der Waals surface area (Å²) in [6.45, 7) is 2.09. The summed E-state index contributed by atoms with van der Waals surface area (Å²) in [7, 11) is 0. The second kappa shape index (κ2) is 5.95. The van der Waals surface area contributed by atoms with E-state index >= 15 is 0 Å². The van der Waals surface area contributed by atoms with Crippen molar-refractivity contribution in [3.8, 4) is 0 Å². The van der Waals surface area contributed by atoms with Gasteiger partial charge in [0.25, 0.3) is 0 Å². The van der Waals surface area contributed by atoms with Crippen molar-refractivity contribution < 1.29 is 5.21 Å². The Labute approximate surface area is 106 Å². The van der Waals surface area contributed by atoms with Gasteiger partial charge in [-0.1, -0.05) is 48.8 Å². The lowest BCUT2D eigenvalue weighted by Gasteiger charge is -2.17. The number of rotatable bonds is 5. The number of hydrogen-bond acceptors (Lipinski definition) is 4. The van der Waals surface area contributed by atoms with E-state index in [1.54, 1.807) is 11.0 Å². The molecule has 0 aliphatic carbocycles. The van der Waals surface area contributed by atoms with Gasteiger partial charge in [0, 0.05) is 5.56 Å². The van der Waals surface area contributed by atoms with Crippen LogP contribution in [0.25, 0.3) is 0 Å². The van der Waals surface area contributed by atoms with Crippen molar-refractivity contribution in [3.63, 3.8) is 0 Å². The Balaban J connectivity index is 2.35. The molecular weight excluding hydrogens is 228 g/mol. The molecule has 0 saturated heterocycles. The van der Waals surface area contributed by atoms with Crippen LogP contribution >= 0.6 is 0 Å². The van der Waals surface area contributed by atoms with Crippen LogP contribution in [0.4, 0.5) is 0 Å². The largest absolute Gasteiger partial charge is 0.411 e. The minimum absolute atomic E-state index is 0.0927. The van der Waals surface area contributed by atoms with Crippen LogP contribution in [-0.4, -0.2) is 25.7 Å². The van der Waals surface area contributed by atoms with Crippen LogP contribution in [0.2, 0.25) is 0 Å². The molecule has 0 fully saturated rings. The highest BCUT2D eigenvalue weighted by atomic mass is 16.4. The normalized spacial score (nSPS) is 13.5. The van der Waals surface area contributed by atoms with E-state index in [0.717, 1.165) is 18.4 Å². The maximum Gasteiger partial charge on any atom is 0.137 e. The predicted octanol–water partition coefficient (Wildman–Crippen LogP) is 2.50. The number of benzene rings is 1. The van der Waals surface area contributed by atoms with Gasteiger partial charge in [0.15, 0.2) is 0 Å². The molecule has 1 atom stereocenters. The first kappa shape index (κ1) is 12.3. The summed E-state index contributed by atoms with van der Waals surface area (Å²) in [6, 6.07) is 9.53. The summed E-state index contributed by atoms with van der Waals surface area (Å²) in [6.07, 6.45) is 4.95. The van der Waals surface area contributed by atoms with Gasteiger partial charge in [0.2, 0.25) is 0 Å². The van der Waals surface area contributed by atoms with E-state index in [4.69, 9.17) is 0 Å². The number of aromatic nitrogens is 3. The highest BCUT2D eigenvalue weighted by Crippen LogP contribution is 2.19. The second-order valence-corrected chi connectivity index (χ2v) is 4.03. The standard InChI is InChI=1S/C13H16N4O/c1-2-6-12(17-10-14-9-15-17)13(16-18)11-7-4-3-5-8-11/h3-5,7-10,12,18H,2,6H2,1H3/b16-13-. The molecule has 5 heteroatoms. The van der Waals surface area contributed by atoms with Gasteiger partial charge in [-0.05, 0) is 6.42 Å². The summed E-state index contributed by atoms with van der Waals surface area (Å²) >= 11 is 0. The summed E-state index contributed by atoms with van der Waals surface area (Å²) in [5.74, 6) is 0. The quantitative estimate of drug-likeness (QED) is 0.499. The Hall–Kier alpha value is -2.17. The van der Waals surface area contributed by atoms with E-state index in [-0.39, 0.29) is 6.04 Å². The molecule has 0 radical (unpaired) electrons. The van der Waals surface area contributed by atoms with Gasteiger partial charge < -0.3 is 5.21 Å². The van der Waals surface area contributed by atoms with Crippen molar-refractivity contribution in [2.75, 3.05) is 0 Å². The van der Waals surface area contributed by atoms with E-state index in [2.05, 4.69) is 22.2 Å². The molecule has 0 aliphatic heterocycles. The minimum Gasteiger partial charge on any atom is -0.411 e. The van der Waals surface area contributed by atoms with Gasteiger partial charge in [-0.25, -0.2) is 9.67 Å². The average molecular weight is 244 g/mol. The first-order chi connectivity index (χ1) is 8.86. The molecule has 1 heterocycles. The average Bonchev–Trinajstić information content (AvgIpc) is 2.93. The summed E-state index contributed by atoms with van der Waals surface area (Å²) in [4.78, 5) is 3.95. The van der Waals surface area contributed by atoms with Gasteiger partial charge in [-0.15, -0.1) is 0 Å². The molecule has 1 N–H and O–H groups in total. The lowest BCUT2D eigenvalue weighted by Crippen LogP contribution is -2.21. The van der Waals surface area contributed by atoms with Gasteiger partial charge in [-0.2, -0.15) is 5.10 Å². The third-order valence-electron chi connectivity index (χ3n) is 2.81. The van der Waals surface area contributed by atoms with Crippen LogP contribution in [0.5, 0.6) is 0 Å². The molecule has 1 aromatic carbocycles. The second-order valence-electron chi connectivity index (χ2n) is 4.03. The van der Waals surface area contributed by atoms with Gasteiger partial charge >= 0.3 is 0 Å². The molecule has 18 heavy (non-hydrogen) atoms. The first-order valence-electron chi connectivity index (χ1n) is 5.98. The van der Waals surface area contributed by atoms with Crippen molar-refractivity contribution in [3.05, 3.63) is 48.5 Å². The molecule has 5 nitrogen and oxygen atoms in total. The van der Waals surface area contributed by atoms with Crippen molar-refractivity contribution in [1.82, 2.24) is 14.8 Å². The van der Waals surface area contributed by atoms with Gasteiger partial charge in [0.1, 0.15) is 18.4 Å². The first-order valence-corrected chi connectivity index (χ1v) is 5.98. The van der Waals surface area contributed by atoms with Crippen LogP contribution in [0.15, 0.2) is 48.1 Å². The fraction of sp³-hybridized carbons (Fsp3) is 0.308. The smallest absolute Gasteiger partial charge is 0.137 e. The zero-order chi connectivity index (χ0) is 12.8. The van der Waals surface area contributed by atoms with Gasteiger partial charge in [0.05, 0.1) is 6.04 Å². The maximum absolute atomic E-state index is 9.30. The van der Waals surface area contributed by atoms with Crippen LogP contribution in [0.1, 0.15) is 31.4 Å². The third-order valence-corrected chi connectivity index (χ3v) is 2.81. The number of oxime groups is 1. The Morgan fingerprint density at radius 3 is 2.72 bits per heavy atom. The van der Waals surface area contributed by atoms with Gasteiger partial charge in [-0.3, -0.25) is 0 Å². The topological polar surface area (TPSA) is 63.3 Å². The molecule has 2 aromatic rings. The number of nitrogens with zero attached hydrogens (tertiary/aromatic N) is 4. The van der Waals surface area contributed by atoms with Crippen molar-refractivity contribution in [1.29, 1.82) is 0 Å². The van der Waals surface area contributed by atoms with E-state index in [0.29, 0.717) is 5.71 Å². The highest BCUT2D eigenvalue weighted by molar-refractivity contribution is 6.02.